The van der Waals surface area contributed by atoms with Gasteiger partial charge >= 0.3 is 12.1 Å². The highest BCUT2D eigenvalue weighted by Gasteiger charge is 2.53. The molecule has 5 amide bonds. The maximum absolute atomic E-state index is 14.3. The highest BCUT2D eigenvalue weighted by Crippen LogP contribution is 2.43. The summed E-state index contributed by atoms with van der Waals surface area (Å²) in [6.45, 7) is 6.50. The van der Waals surface area contributed by atoms with Crippen LogP contribution in [-0.2, 0) is 27.2 Å². The molecule has 0 aromatic heterocycles. The van der Waals surface area contributed by atoms with Gasteiger partial charge in [-0.25, -0.2) is 9.59 Å². The fourth-order valence-corrected chi connectivity index (χ4v) is 9.03. The maximum Gasteiger partial charge on any atom is 0.405 e. The molecular weight excluding hydrogens is 618 g/mol. The molecule has 1 unspecified atom stereocenters. The Labute approximate surface area is 290 Å². The number of aryl methyl sites for hydroxylation is 1. The second kappa shape index (κ2) is 14.8. The van der Waals surface area contributed by atoms with Crippen LogP contribution in [0, 0.1) is 30.6 Å². The number of fused-ring (bicyclic) bond motifs is 1. The lowest BCUT2D eigenvalue weighted by Crippen LogP contribution is -2.59. The maximum atomic E-state index is 14.3. The van der Waals surface area contributed by atoms with Gasteiger partial charge in [-0.2, -0.15) is 0 Å². The predicted molar refractivity (Wildman–Crippen MR) is 190 cm³/mol. The van der Waals surface area contributed by atoms with E-state index in [1.165, 1.54) is 12.8 Å². The molecule has 10 heteroatoms. The van der Waals surface area contributed by atoms with Crippen molar-refractivity contribution in [3.05, 3.63) is 59.2 Å². The Morgan fingerprint density at radius 1 is 0.898 bits per heavy atom. The molecule has 2 saturated carbocycles. The third kappa shape index (κ3) is 7.43. The number of carbonyl (C=O) groups excluding carboxylic acids is 4. The van der Waals surface area contributed by atoms with E-state index in [4.69, 9.17) is 10.5 Å². The number of primary amides is 1. The van der Waals surface area contributed by atoms with Crippen LogP contribution in [-0.4, -0.2) is 53.1 Å². The van der Waals surface area contributed by atoms with Gasteiger partial charge in [-0.15, -0.1) is 0 Å². The molecule has 5 N–H and O–H groups in total. The van der Waals surface area contributed by atoms with Crippen molar-refractivity contribution in [1.82, 2.24) is 10.2 Å². The number of nitrogens with zero attached hydrogens (tertiary/aromatic N) is 1. The molecule has 3 aliphatic carbocycles. The Morgan fingerprint density at radius 2 is 1.53 bits per heavy atom. The fraction of sp³-hybridized carbons (Fsp3) is 0.590. The number of rotatable bonds is 10. The van der Waals surface area contributed by atoms with Crippen LogP contribution < -0.4 is 21.7 Å². The second-order valence-electron chi connectivity index (χ2n) is 15.3. The summed E-state index contributed by atoms with van der Waals surface area (Å²) in [6.07, 6.45) is 9.73. The molecule has 3 fully saturated rings. The fourth-order valence-electron chi connectivity index (χ4n) is 9.03. The minimum atomic E-state index is -1.15. The Balaban J connectivity index is 1.27. The van der Waals surface area contributed by atoms with Crippen LogP contribution in [0.5, 0.6) is 0 Å². The largest absolute Gasteiger partial charge is 0.436 e. The number of nitrogens with two attached hydrogens (primary N) is 1. The van der Waals surface area contributed by atoms with E-state index in [-0.39, 0.29) is 35.7 Å². The molecule has 49 heavy (non-hydrogen) atoms. The van der Waals surface area contributed by atoms with Crippen molar-refractivity contribution in [3.8, 4) is 0 Å². The zero-order chi connectivity index (χ0) is 34.7. The van der Waals surface area contributed by atoms with Crippen LogP contribution in [0.3, 0.4) is 0 Å². The van der Waals surface area contributed by atoms with Gasteiger partial charge in [-0.1, -0.05) is 102 Å². The first kappa shape index (κ1) is 34.8. The van der Waals surface area contributed by atoms with Crippen LogP contribution >= 0.6 is 0 Å². The molecule has 0 spiro atoms. The minimum Gasteiger partial charge on any atom is -0.436 e. The summed E-state index contributed by atoms with van der Waals surface area (Å²) in [7, 11) is 0. The second-order valence-corrected chi connectivity index (χ2v) is 15.3. The van der Waals surface area contributed by atoms with Crippen LogP contribution in [0.25, 0.3) is 0 Å². The number of urea groups is 1. The Morgan fingerprint density at radius 3 is 2.12 bits per heavy atom. The zero-order valence-corrected chi connectivity index (χ0v) is 29.3. The number of hydrogen-bond donors (Lipinski definition) is 4. The molecule has 1 heterocycles. The van der Waals surface area contributed by atoms with Crippen LogP contribution in [0.2, 0.25) is 0 Å². The molecule has 0 bridgehead atoms. The van der Waals surface area contributed by atoms with E-state index < -0.39 is 17.7 Å². The molecule has 4 aliphatic rings. The highest BCUT2D eigenvalue weighted by atomic mass is 16.6. The van der Waals surface area contributed by atoms with Crippen molar-refractivity contribution >= 4 is 35.3 Å². The van der Waals surface area contributed by atoms with Crippen molar-refractivity contribution in [2.75, 3.05) is 17.2 Å². The molecule has 0 radical (unpaired) electrons. The number of benzene rings is 2. The summed E-state index contributed by atoms with van der Waals surface area (Å²) >= 11 is 0. The number of amides is 5. The smallest absolute Gasteiger partial charge is 0.405 e. The molecular formula is C39H53N5O5. The van der Waals surface area contributed by atoms with Crippen LogP contribution in [0.4, 0.5) is 21.0 Å². The molecule has 3 atom stereocenters. The standard InChI is InChI=1S/C39H53N5O5/c1-24(2)32-23-44(38(48)43-32)39(36(46)42-31-17-11-10-12-25(31)3)21-28-18-19-30(20-29(28)22-39)41-35(45)34(49-37(40)47)33(26-13-6-4-7-14-26)27-15-8-5-9-16-27/h10-12,17-20,24,26-27,32-34H,4-9,13-16,21-23H2,1-3H3,(H2,40,47)(H,41,45)(H,42,46)(H,43,48)/t32-,34-,39?/m0/s1. The highest BCUT2D eigenvalue weighted by molar-refractivity contribution is 6.02. The van der Waals surface area contributed by atoms with Gasteiger partial charge in [0.15, 0.2) is 6.10 Å². The zero-order valence-electron chi connectivity index (χ0n) is 29.3. The van der Waals surface area contributed by atoms with Gasteiger partial charge in [0, 0.05) is 36.7 Å². The van der Waals surface area contributed by atoms with Crippen LogP contribution in [0.1, 0.15) is 94.7 Å². The van der Waals surface area contributed by atoms with Crippen molar-refractivity contribution in [1.29, 1.82) is 0 Å². The van der Waals surface area contributed by atoms with E-state index in [2.05, 4.69) is 29.8 Å². The molecule has 2 aromatic carbocycles. The lowest BCUT2D eigenvalue weighted by molar-refractivity contribution is -0.130. The third-order valence-corrected chi connectivity index (χ3v) is 11.7. The lowest BCUT2D eigenvalue weighted by Gasteiger charge is -2.40. The van der Waals surface area contributed by atoms with Gasteiger partial charge in [0.1, 0.15) is 5.54 Å². The topological polar surface area (TPSA) is 143 Å². The molecule has 1 aliphatic heterocycles. The van der Waals surface area contributed by atoms with Crippen molar-refractivity contribution in [2.45, 2.75) is 116 Å². The third-order valence-electron chi connectivity index (χ3n) is 11.7. The van der Waals surface area contributed by atoms with E-state index >= 15 is 0 Å². The van der Waals surface area contributed by atoms with Crippen molar-refractivity contribution < 1.29 is 23.9 Å². The number of carbonyl (C=O) groups is 4. The van der Waals surface area contributed by atoms with E-state index in [1.807, 2.05) is 49.4 Å². The SMILES string of the molecule is Cc1ccccc1NC(=O)C1(N2C[C@@H](C(C)C)NC2=O)Cc2ccc(NC(=O)[C@@H](OC(N)=O)C(C3CCCCC3)C3CCCCC3)cc2C1. The molecule has 10 nitrogen and oxygen atoms in total. The number of ether oxygens (including phenoxy) is 1. The first-order chi connectivity index (χ1) is 23.6. The van der Waals surface area contributed by atoms with E-state index in [1.54, 1.807) is 4.90 Å². The number of para-hydroxylation sites is 1. The summed E-state index contributed by atoms with van der Waals surface area (Å²) in [6, 6.07) is 13.0. The molecule has 6 rings (SSSR count). The predicted octanol–water partition coefficient (Wildman–Crippen LogP) is 6.70. The molecule has 2 aromatic rings. The average molecular weight is 672 g/mol. The normalized spacial score (nSPS) is 23.7. The number of anilines is 2. The van der Waals surface area contributed by atoms with Gasteiger partial charge in [-0.05, 0) is 59.6 Å². The van der Waals surface area contributed by atoms with E-state index in [9.17, 15) is 19.2 Å². The first-order valence-electron chi connectivity index (χ1n) is 18.4. The van der Waals surface area contributed by atoms with Gasteiger partial charge < -0.3 is 31.3 Å². The lowest BCUT2D eigenvalue weighted by atomic mass is 9.67. The van der Waals surface area contributed by atoms with Crippen molar-refractivity contribution in [2.24, 2.45) is 29.4 Å². The quantitative estimate of drug-likeness (QED) is 0.222. The Kier molecular flexibility index (Phi) is 10.5. The summed E-state index contributed by atoms with van der Waals surface area (Å²) in [5.74, 6) is 0.141. The van der Waals surface area contributed by atoms with E-state index in [0.29, 0.717) is 42.6 Å². The monoisotopic (exact) mass is 671 g/mol. The van der Waals surface area contributed by atoms with Gasteiger partial charge in [0.05, 0.1) is 6.04 Å². The van der Waals surface area contributed by atoms with E-state index in [0.717, 1.165) is 68.1 Å². The summed E-state index contributed by atoms with van der Waals surface area (Å²) < 4.78 is 5.71. The summed E-state index contributed by atoms with van der Waals surface area (Å²) in [5.41, 5.74) is 8.50. The molecule has 1 saturated heterocycles. The van der Waals surface area contributed by atoms with Crippen molar-refractivity contribution in [3.63, 3.8) is 0 Å². The summed E-state index contributed by atoms with van der Waals surface area (Å²) in [4.78, 5) is 55.9. The summed E-state index contributed by atoms with van der Waals surface area (Å²) in [5, 5.41) is 9.30. The minimum absolute atomic E-state index is 0.0716. The number of hydrogen-bond acceptors (Lipinski definition) is 5. The van der Waals surface area contributed by atoms with Crippen LogP contribution in [0.15, 0.2) is 42.5 Å². The van der Waals surface area contributed by atoms with Gasteiger partial charge in [0.25, 0.3) is 11.8 Å². The average Bonchev–Trinajstić information content (AvgIpc) is 3.68. The van der Waals surface area contributed by atoms with Gasteiger partial charge in [-0.3, -0.25) is 9.59 Å². The first-order valence-corrected chi connectivity index (χ1v) is 18.4. The molecule has 264 valence electrons. The number of nitrogens with one attached hydrogen (secondary N) is 3. The Bertz CT molecular complexity index is 1530. The Hall–Kier alpha value is -4.08. The van der Waals surface area contributed by atoms with Gasteiger partial charge in [0.2, 0.25) is 0 Å².